The molecule has 1 aliphatic rings. The fraction of sp³-hybridized carbons (Fsp3) is 0.217. The van der Waals surface area contributed by atoms with Crippen LogP contribution in [0.1, 0.15) is 22.8 Å². The number of hydrogen-bond donors (Lipinski definition) is 1. The SMILES string of the molecule is COc1ccc(OC)c(Nc2ccc(C(=O)N3c4ccccc4CC3C)cn2)c1. The number of nitrogens with one attached hydrogen (secondary N) is 1. The third-order valence-corrected chi connectivity index (χ3v) is 5.11. The summed E-state index contributed by atoms with van der Waals surface area (Å²) in [5.41, 5.74) is 3.47. The van der Waals surface area contributed by atoms with E-state index in [-0.39, 0.29) is 11.9 Å². The van der Waals surface area contributed by atoms with Crippen LogP contribution in [-0.2, 0) is 6.42 Å². The van der Waals surface area contributed by atoms with Crippen LogP contribution in [0.5, 0.6) is 11.5 Å². The number of anilines is 3. The van der Waals surface area contributed by atoms with Gasteiger partial charge in [-0.15, -0.1) is 0 Å². The van der Waals surface area contributed by atoms with Gasteiger partial charge in [0.05, 0.1) is 25.5 Å². The lowest BCUT2D eigenvalue weighted by Gasteiger charge is -2.22. The molecule has 1 unspecified atom stereocenters. The summed E-state index contributed by atoms with van der Waals surface area (Å²) in [7, 11) is 3.22. The molecule has 0 spiro atoms. The Morgan fingerprint density at radius 2 is 1.93 bits per heavy atom. The summed E-state index contributed by atoms with van der Waals surface area (Å²) in [5, 5.41) is 3.22. The topological polar surface area (TPSA) is 63.7 Å². The molecule has 0 saturated heterocycles. The standard InChI is InChI=1S/C23H23N3O3/c1-15-12-16-6-4-5-7-20(16)26(15)23(27)17-8-11-22(24-14-17)25-19-13-18(28-2)9-10-21(19)29-3/h4-11,13-15H,12H2,1-3H3,(H,24,25). The van der Waals surface area contributed by atoms with Crippen LogP contribution < -0.4 is 19.7 Å². The summed E-state index contributed by atoms with van der Waals surface area (Å²) >= 11 is 0. The summed E-state index contributed by atoms with van der Waals surface area (Å²) in [6.45, 7) is 2.07. The second-order valence-corrected chi connectivity index (χ2v) is 6.98. The van der Waals surface area contributed by atoms with Crippen molar-refractivity contribution in [1.82, 2.24) is 4.98 Å². The Bertz CT molecular complexity index is 1030. The minimum Gasteiger partial charge on any atom is -0.497 e. The summed E-state index contributed by atoms with van der Waals surface area (Å²) in [5.74, 6) is 1.96. The first-order chi connectivity index (χ1) is 14.1. The molecule has 1 atom stereocenters. The van der Waals surface area contributed by atoms with Crippen LogP contribution in [0.2, 0.25) is 0 Å². The number of rotatable bonds is 5. The molecule has 148 valence electrons. The molecule has 0 radical (unpaired) electrons. The third-order valence-electron chi connectivity index (χ3n) is 5.11. The Labute approximate surface area is 170 Å². The van der Waals surface area contributed by atoms with Gasteiger partial charge in [-0.25, -0.2) is 4.98 Å². The quantitative estimate of drug-likeness (QED) is 0.699. The van der Waals surface area contributed by atoms with E-state index in [1.54, 1.807) is 32.5 Å². The monoisotopic (exact) mass is 389 g/mol. The summed E-state index contributed by atoms with van der Waals surface area (Å²) < 4.78 is 10.7. The van der Waals surface area contributed by atoms with Crippen LogP contribution in [0.4, 0.5) is 17.2 Å². The lowest BCUT2D eigenvalue weighted by molar-refractivity contribution is 0.0981. The normalized spacial score (nSPS) is 15.0. The van der Waals surface area contributed by atoms with E-state index in [2.05, 4.69) is 23.3 Å². The molecule has 0 bridgehead atoms. The van der Waals surface area contributed by atoms with Gasteiger partial charge < -0.3 is 19.7 Å². The Morgan fingerprint density at radius 1 is 1.10 bits per heavy atom. The highest BCUT2D eigenvalue weighted by molar-refractivity contribution is 6.07. The van der Waals surface area contributed by atoms with Crippen molar-refractivity contribution >= 4 is 23.1 Å². The van der Waals surface area contributed by atoms with E-state index >= 15 is 0 Å². The van der Waals surface area contributed by atoms with Crippen molar-refractivity contribution in [1.29, 1.82) is 0 Å². The van der Waals surface area contributed by atoms with Gasteiger partial charge in [0.2, 0.25) is 0 Å². The average Bonchev–Trinajstić information content (AvgIpc) is 3.09. The molecule has 2 aromatic carbocycles. The number of ether oxygens (including phenoxy) is 2. The molecule has 0 aliphatic carbocycles. The molecule has 29 heavy (non-hydrogen) atoms. The number of para-hydroxylation sites is 1. The van der Waals surface area contributed by atoms with Crippen molar-refractivity contribution in [2.24, 2.45) is 0 Å². The van der Waals surface area contributed by atoms with Gasteiger partial charge >= 0.3 is 0 Å². The number of fused-ring (bicyclic) bond motifs is 1. The largest absolute Gasteiger partial charge is 0.497 e. The van der Waals surface area contributed by atoms with Crippen LogP contribution in [0.15, 0.2) is 60.8 Å². The fourth-order valence-corrected chi connectivity index (χ4v) is 3.66. The van der Waals surface area contributed by atoms with E-state index in [0.717, 1.165) is 17.8 Å². The number of pyridine rings is 1. The maximum absolute atomic E-state index is 13.1. The van der Waals surface area contributed by atoms with Crippen LogP contribution in [0.3, 0.4) is 0 Å². The maximum Gasteiger partial charge on any atom is 0.260 e. The summed E-state index contributed by atoms with van der Waals surface area (Å²) in [4.78, 5) is 19.4. The lowest BCUT2D eigenvalue weighted by atomic mass is 10.1. The molecule has 2 heterocycles. The predicted octanol–water partition coefficient (Wildman–Crippen LogP) is 4.43. The number of amides is 1. The first-order valence-corrected chi connectivity index (χ1v) is 9.47. The summed E-state index contributed by atoms with van der Waals surface area (Å²) in [6.07, 6.45) is 2.47. The molecule has 4 rings (SSSR count). The lowest BCUT2D eigenvalue weighted by Crippen LogP contribution is -2.35. The average molecular weight is 389 g/mol. The highest BCUT2D eigenvalue weighted by Gasteiger charge is 2.31. The molecular formula is C23H23N3O3. The van der Waals surface area contributed by atoms with Crippen molar-refractivity contribution in [3.05, 3.63) is 71.9 Å². The highest BCUT2D eigenvalue weighted by Crippen LogP contribution is 2.34. The van der Waals surface area contributed by atoms with E-state index < -0.39 is 0 Å². The maximum atomic E-state index is 13.1. The zero-order valence-electron chi connectivity index (χ0n) is 16.7. The van der Waals surface area contributed by atoms with Gasteiger partial charge in [-0.2, -0.15) is 0 Å². The van der Waals surface area contributed by atoms with E-state index in [1.165, 1.54) is 5.56 Å². The number of hydrogen-bond acceptors (Lipinski definition) is 5. The van der Waals surface area contributed by atoms with E-state index in [4.69, 9.17) is 9.47 Å². The Kier molecular flexibility index (Phi) is 5.08. The number of aromatic nitrogens is 1. The Morgan fingerprint density at radius 3 is 2.66 bits per heavy atom. The van der Waals surface area contributed by atoms with Crippen molar-refractivity contribution in [2.75, 3.05) is 24.4 Å². The third kappa shape index (κ3) is 3.61. The molecule has 0 saturated carbocycles. The van der Waals surface area contributed by atoms with Crippen molar-refractivity contribution < 1.29 is 14.3 Å². The molecule has 1 aliphatic heterocycles. The molecule has 0 fully saturated rings. The van der Waals surface area contributed by atoms with Gasteiger partial charge in [0.25, 0.3) is 5.91 Å². The molecule has 1 aromatic heterocycles. The number of benzene rings is 2. The smallest absolute Gasteiger partial charge is 0.260 e. The van der Waals surface area contributed by atoms with E-state index in [0.29, 0.717) is 22.9 Å². The van der Waals surface area contributed by atoms with Crippen molar-refractivity contribution in [3.8, 4) is 11.5 Å². The minimum absolute atomic E-state index is 0.0412. The fourth-order valence-electron chi connectivity index (χ4n) is 3.66. The van der Waals surface area contributed by atoms with Crippen LogP contribution in [0.25, 0.3) is 0 Å². The molecule has 3 aromatic rings. The second-order valence-electron chi connectivity index (χ2n) is 6.98. The highest BCUT2D eigenvalue weighted by atomic mass is 16.5. The minimum atomic E-state index is -0.0412. The van der Waals surface area contributed by atoms with Crippen LogP contribution in [-0.4, -0.2) is 31.2 Å². The molecule has 1 N–H and O–H groups in total. The van der Waals surface area contributed by atoms with E-state index in [1.807, 2.05) is 41.3 Å². The zero-order valence-corrected chi connectivity index (χ0v) is 16.7. The Hall–Kier alpha value is -3.54. The first kappa shape index (κ1) is 18.8. The molecule has 1 amide bonds. The van der Waals surface area contributed by atoms with Crippen LogP contribution >= 0.6 is 0 Å². The van der Waals surface area contributed by atoms with Crippen LogP contribution in [0, 0.1) is 0 Å². The Balaban J connectivity index is 1.55. The summed E-state index contributed by atoms with van der Waals surface area (Å²) in [6, 6.07) is 17.2. The zero-order chi connectivity index (χ0) is 20.4. The first-order valence-electron chi connectivity index (χ1n) is 9.47. The van der Waals surface area contributed by atoms with Gasteiger partial charge in [0.1, 0.15) is 17.3 Å². The second kappa shape index (κ2) is 7.83. The molecule has 6 heteroatoms. The van der Waals surface area contributed by atoms with Gasteiger partial charge in [0, 0.05) is 24.0 Å². The molecule has 6 nitrogen and oxygen atoms in total. The number of carbonyl (C=O) groups excluding carboxylic acids is 1. The molecular weight excluding hydrogens is 366 g/mol. The van der Waals surface area contributed by atoms with Gasteiger partial charge in [-0.05, 0) is 49.2 Å². The van der Waals surface area contributed by atoms with Gasteiger partial charge in [0.15, 0.2) is 0 Å². The van der Waals surface area contributed by atoms with E-state index in [9.17, 15) is 4.79 Å². The van der Waals surface area contributed by atoms with Gasteiger partial charge in [-0.1, -0.05) is 18.2 Å². The number of carbonyl (C=O) groups is 1. The number of nitrogens with zero attached hydrogens (tertiary/aromatic N) is 2. The van der Waals surface area contributed by atoms with Gasteiger partial charge in [-0.3, -0.25) is 4.79 Å². The number of methoxy groups -OCH3 is 2. The van der Waals surface area contributed by atoms with Crippen molar-refractivity contribution in [2.45, 2.75) is 19.4 Å². The van der Waals surface area contributed by atoms with Crippen molar-refractivity contribution in [3.63, 3.8) is 0 Å². The predicted molar refractivity (Wildman–Crippen MR) is 113 cm³/mol.